The number of halogens is 5. The first-order valence-corrected chi connectivity index (χ1v) is 4.78. The van der Waals surface area contributed by atoms with E-state index in [1.807, 2.05) is 0 Å². The molecular formula is C9H10BrClF3N. The van der Waals surface area contributed by atoms with E-state index in [2.05, 4.69) is 15.9 Å². The van der Waals surface area contributed by atoms with E-state index < -0.39 is 24.7 Å². The molecule has 1 aromatic rings. The van der Waals surface area contributed by atoms with Crippen LogP contribution in [0.4, 0.5) is 13.2 Å². The van der Waals surface area contributed by atoms with E-state index in [4.69, 9.17) is 5.73 Å². The molecule has 1 aromatic carbocycles. The van der Waals surface area contributed by atoms with Crippen LogP contribution in [0.25, 0.3) is 0 Å². The Hall–Kier alpha value is -0.260. The summed E-state index contributed by atoms with van der Waals surface area (Å²) in [5.74, 6) is -0.562. The third-order valence-electron chi connectivity index (χ3n) is 1.79. The van der Waals surface area contributed by atoms with E-state index in [0.29, 0.717) is 4.47 Å². The molecule has 0 aromatic heterocycles. The van der Waals surface area contributed by atoms with Gasteiger partial charge in [-0.25, -0.2) is 13.2 Å². The van der Waals surface area contributed by atoms with Crippen LogP contribution >= 0.6 is 28.3 Å². The Morgan fingerprint density at radius 1 is 1.33 bits per heavy atom. The van der Waals surface area contributed by atoms with Gasteiger partial charge in [-0.1, -0.05) is 22.0 Å². The van der Waals surface area contributed by atoms with Crippen molar-refractivity contribution in [3.8, 4) is 0 Å². The maximum Gasteiger partial charge on any atom is 0.240 e. The van der Waals surface area contributed by atoms with E-state index in [0.717, 1.165) is 0 Å². The van der Waals surface area contributed by atoms with Gasteiger partial charge in [0.2, 0.25) is 6.43 Å². The highest BCUT2D eigenvalue weighted by atomic mass is 79.9. The Balaban J connectivity index is 0.00000196. The summed E-state index contributed by atoms with van der Waals surface area (Å²) < 4.78 is 37.7. The molecule has 1 atom stereocenters. The zero-order chi connectivity index (χ0) is 10.7. The van der Waals surface area contributed by atoms with Gasteiger partial charge >= 0.3 is 0 Å². The van der Waals surface area contributed by atoms with Crippen molar-refractivity contribution in [3.63, 3.8) is 0 Å². The van der Waals surface area contributed by atoms with E-state index in [1.54, 1.807) is 6.07 Å². The summed E-state index contributed by atoms with van der Waals surface area (Å²) in [4.78, 5) is 0. The van der Waals surface area contributed by atoms with Gasteiger partial charge in [-0.05, 0) is 12.1 Å². The molecule has 6 heteroatoms. The molecular weight excluding hydrogens is 294 g/mol. The summed E-state index contributed by atoms with van der Waals surface area (Å²) >= 11 is 3.07. The van der Waals surface area contributed by atoms with Crippen LogP contribution in [0.5, 0.6) is 0 Å². The molecule has 0 spiro atoms. The second-order valence-electron chi connectivity index (χ2n) is 2.90. The predicted molar refractivity (Wildman–Crippen MR) is 58.9 cm³/mol. The highest BCUT2D eigenvalue weighted by molar-refractivity contribution is 9.10. The molecule has 0 aliphatic heterocycles. The number of nitrogens with two attached hydrogens (primary N) is 1. The smallest absolute Gasteiger partial charge is 0.240 e. The van der Waals surface area contributed by atoms with Gasteiger partial charge < -0.3 is 5.73 Å². The zero-order valence-corrected chi connectivity index (χ0v) is 9.99. The molecule has 0 fully saturated rings. The van der Waals surface area contributed by atoms with Crippen LogP contribution in [-0.4, -0.2) is 6.43 Å². The van der Waals surface area contributed by atoms with Crippen molar-refractivity contribution in [2.24, 2.45) is 5.73 Å². The first-order chi connectivity index (χ1) is 6.50. The van der Waals surface area contributed by atoms with Crippen LogP contribution in [0.2, 0.25) is 0 Å². The molecule has 15 heavy (non-hydrogen) atoms. The van der Waals surface area contributed by atoms with Gasteiger partial charge in [-0.2, -0.15) is 0 Å². The minimum atomic E-state index is -2.52. The molecule has 86 valence electrons. The van der Waals surface area contributed by atoms with Crippen molar-refractivity contribution < 1.29 is 13.2 Å². The summed E-state index contributed by atoms with van der Waals surface area (Å²) in [6.07, 6.45) is -3.05. The van der Waals surface area contributed by atoms with Gasteiger partial charge in [0.1, 0.15) is 5.82 Å². The Morgan fingerprint density at radius 2 is 1.93 bits per heavy atom. The molecule has 0 saturated heterocycles. The summed E-state index contributed by atoms with van der Waals surface area (Å²) in [7, 11) is 0. The standard InChI is InChI=1S/C9H9BrF3N.ClH/c10-5-1-2-6(7(11)3-5)8(14)4-9(12)13;/h1-3,8-9H,4,14H2;1H/t8-;/m1./s1. The van der Waals surface area contributed by atoms with Crippen molar-refractivity contribution in [2.75, 3.05) is 0 Å². The molecule has 0 heterocycles. The number of rotatable bonds is 3. The average Bonchev–Trinajstić information content (AvgIpc) is 2.01. The fraction of sp³-hybridized carbons (Fsp3) is 0.333. The Kier molecular flexibility index (Phi) is 6.24. The van der Waals surface area contributed by atoms with Crippen LogP contribution in [0.3, 0.4) is 0 Å². The largest absolute Gasteiger partial charge is 0.324 e. The number of hydrogen-bond acceptors (Lipinski definition) is 1. The molecule has 0 amide bonds. The number of hydrogen-bond donors (Lipinski definition) is 1. The second kappa shape index (κ2) is 6.35. The molecule has 1 rings (SSSR count). The minimum Gasteiger partial charge on any atom is -0.324 e. The van der Waals surface area contributed by atoms with Crippen molar-refractivity contribution in [3.05, 3.63) is 34.1 Å². The third kappa shape index (κ3) is 4.40. The van der Waals surface area contributed by atoms with E-state index in [9.17, 15) is 13.2 Å². The van der Waals surface area contributed by atoms with Crippen LogP contribution in [0.1, 0.15) is 18.0 Å². The summed E-state index contributed by atoms with van der Waals surface area (Å²) in [6, 6.07) is 3.24. The van der Waals surface area contributed by atoms with Crippen molar-refractivity contribution in [1.29, 1.82) is 0 Å². The highest BCUT2D eigenvalue weighted by Gasteiger charge is 2.16. The summed E-state index contributed by atoms with van der Waals surface area (Å²) in [6.45, 7) is 0. The first-order valence-electron chi connectivity index (χ1n) is 3.99. The lowest BCUT2D eigenvalue weighted by Crippen LogP contribution is -2.15. The van der Waals surface area contributed by atoms with Crippen LogP contribution in [-0.2, 0) is 0 Å². The molecule has 0 unspecified atom stereocenters. The van der Waals surface area contributed by atoms with Crippen molar-refractivity contribution in [1.82, 2.24) is 0 Å². The van der Waals surface area contributed by atoms with Crippen LogP contribution in [0.15, 0.2) is 22.7 Å². The van der Waals surface area contributed by atoms with Gasteiger partial charge in [-0.3, -0.25) is 0 Å². The quantitative estimate of drug-likeness (QED) is 0.906. The molecule has 0 saturated carbocycles. The lowest BCUT2D eigenvalue weighted by atomic mass is 10.0. The normalized spacial score (nSPS) is 12.4. The molecule has 0 aliphatic rings. The Morgan fingerprint density at radius 3 is 2.40 bits per heavy atom. The minimum absolute atomic E-state index is 0. The van der Waals surface area contributed by atoms with Crippen molar-refractivity contribution >= 4 is 28.3 Å². The molecule has 0 aliphatic carbocycles. The van der Waals surface area contributed by atoms with E-state index in [1.165, 1.54) is 12.1 Å². The fourth-order valence-electron chi connectivity index (χ4n) is 1.12. The average molecular weight is 305 g/mol. The molecule has 1 nitrogen and oxygen atoms in total. The fourth-order valence-corrected chi connectivity index (χ4v) is 1.45. The summed E-state index contributed by atoms with van der Waals surface area (Å²) in [5.41, 5.74) is 5.53. The maximum atomic E-state index is 13.2. The van der Waals surface area contributed by atoms with Gasteiger partial charge in [0, 0.05) is 22.5 Å². The van der Waals surface area contributed by atoms with E-state index in [-0.39, 0.29) is 18.0 Å². The maximum absolute atomic E-state index is 13.2. The predicted octanol–water partition coefficient (Wildman–Crippen LogP) is 3.67. The topological polar surface area (TPSA) is 26.0 Å². The molecule has 0 bridgehead atoms. The van der Waals surface area contributed by atoms with Crippen molar-refractivity contribution in [2.45, 2.75) is 18.9 Å². The highest BCUT2D eigenvalue weighted by Crippen LogP contribution is 2.23. The van der Waals surface area contributed by atoms with Crippen LogP contribution in [0, 0.1) is 5.82 Å². The lowest BCUT2D eigenvalue weighted by Gasteiger charge is -2.12. The van der Waals surface area contributed by atoms with Gasteiger partial charge in [0.15, 0.2) is 0 Å². The lowest BCUT2D eigenvalue weighted by molar-refractivity contribution is 0.128. The third-order valence-corrected chi connectivity index (χ3v) is 2.29. The van der Waals surface area contributed by atoms with Gasteiger partial charge in [-0.15, -0.1) is 12.4 Å². The zero-order valence-electron chi connectivity index (χ0n) is 7.59. The van der Waals surface area contributed by atoms with Crippen LogP contribution < -0.4 is 5.73 Å². The van der Waals surface area contributed by atoms with Gasteiger partial charge in [0.05, 0.1) is 0 Å². The molecule has 2 N–H and O–H groups in total. The summed E-state index contributed by atoms with van der Waals surface area (Å²) in [5, 5.41) is 0. The first kappa shape index (κ1) is 14.7. The Bertz CT molecular complexity index is 322. The monoisotopic (exact) mass is 303 g/mol. The number of benzene rings is 1. The Labute approximate surface area is 100 Å². The van der Waals surface area contributed by atoms with Gasteiger partial charge in [0.25, 0.3) is 0 Å². The second-order valence-corrected chi connectivity index (χ2v) is 3.81. The SMILES string of the molecule is Cl.N[C@H](CC(F)F)c1ccc(Br)cc1F. The van der Waals surface area contributed by atoms with E-state index >= 15 is 0 Å². The number of alkyl halides is 2. The molecule has 0 radical (unpaired) electrons.